The van der Waals surface area contributed by atoms with Crippen molar-refractivity contribution in [3.8, 4) is 0 Å². The molecule has 0 saturated carbocycles. The Bertz CT molecular complexity index is 440. The molecule has 19 heavy (non-hydrogen) atoms. The lowest BCUT2D eigenvalue weighted by Crippen LogP contribution is -2.37. The molecule has 6 heteroatoms. The van der Waals surface area contributed by atoms with Crippen LogP contribution >= 0.6 is 11.6 Å². The van der Waals surface area contributed by atoms with Crippen molar-refractivity contribution in [1.82, 2.24) is 0 Å². The van der Waals surface area contributed by atoms with Crippen LogP contribution in [0, 0.1) is 5.82 Å². The third-order valence-corrected chi connectivity index (χ3v) is 3.11. The van der Waals surface area contributed by atoms with Gasteiger partial charge in [0.25, 0.3) is 0 Å². The van der Waals surface area contributed by atoms with Gasteiger partial charge in [0.05, 0.1) is 24.8 Å². The zero-order chi connectivity index (χ0) is 13.8. The second kappa shape index (κ2) is 6.32. The highest BCUT2D eigenvalue weighted by molar-refractivity contribution is 6.31. The van der Waals surface area contributed by atoms with Crippen LogP contribution in [0.5, 0.6) is 0 Å². The van der Waals surface area contributed by atoms with E-state index in [-0.39, 0.29) is 17.2 Å². The van der Waals surface area contributed by atoms with E-state index >= 15 is 0 Å². The normalized spacial score (nSPS) is 20.9. The molecule has 1 aliphatic rings. The summed E-state index contributed by atoms with van der Waals surface area (Å²) in [5.41, 5.74) is 0.161. The minimum Gasteiger partial charge on any atom is -0.456 e. The number of hydrogen-bond donors (Lipinski definition) is 0. The van der Waals surface area contributed by atoms with E-state index in [2.05, 4.69) is 0 Å². The molecule has 1 heterocycles. The molecule has 0 radical (unpaired) electrons. The van der Waals surface area contributed by atoms with E-state index in [0.717, 1.165) is 0 Å². The monoisotopic (exact) mass is 288 g/mol. The van der Waals surface area contributed by atoms with Crippen LogP contribution in [0.3, 0.4) is 0 Å². The van der Waals surface area contributed by atoms with Gasteiger partial charge in [-0.2, -0.15) is 0 Å². The van der Waals surface area contributed by atoms with Crippen molar-refractivity contribution in [3.05, 3.63) is 34.6 Å². The molecule has 0 aliphatic carbocycles. The van der Waals surface area contributed by atoms with E-state index in [1.54, 1.807) is 13.0 Å². The van der Waals surface area contributed by atoms with Crippen LogP contribution in [0.2, 0.25) is 5.02 Å². The minimum absolute atomic E-state index is 0.149. The van der Waals surface area contributed by atoms with E-state index < -0.39 is 24.0 Å². The first-order valence-corrected chi connectivity index (χ1v) is 6.31. The van der Waals surface area contributed by atoms with Crippen LogP contribution in [-0.2, 0) is 19.0 Å². The first-order valence-electron chi connectivity index (χ1n) is 5.93. The highest BCUT2D eigenvalue weighted by Gasteiger charge is 2.27. The SMILES string of the molecule is CC(OC(=O)C1COCCO1)c1c(F)cccc1Cl. The predicted octanol–water partition coefficient (Wildman–Crippen LogP) is 2.50. The number of esters is 1. The van der Waals surface area contributed by atoms with Gasteiger partial charge in [0.1, 0.15) is 11.9 Å². The van der Waals surface area contributed by atoms with Gasteiger partial charge in [0.2, 0.25) is 0 Å². The highest BCUT2D eigenvalue weighted by atomic mass is 35.5. The molecule has 0 amide bonds. The van der Waals surface area contributed by atoms with Crippen molar-refractivity contribution >= 4 is 17.6 Å². The summed E-state index contributed by atoms with van der Waals surface area (Å²) >= 11 is 5.91. The van der Waals surface area contributed by atoms with Crippen molar-refractivity contribution < 1.29 is 23.4 Å². The van der Waals surface area contributed by atoms with Gasteiger partial charge < -0.3 is 14.2 Å². The number of carbonyl (C=O) groups is 1. The van der Waals surface area contributed by atoms with E-state index in [0.29, 0.717) is 13.2 Å². The summed E-state index contributed by atoms with van der Waals surface area (Å²) in [4.78, 5) is 11.8. The third-order valence-electron chi connectivity index (χ3n) is 2.78. The molecule has 2 rings (SSSR count). The van der Waals surface area contributed by atoms with E-state index in [4.69, 9.17) is 25.8 Å². The second-order valence-electron chi connectivity index (χ2n) is 4.15. The fraction of sp³-hybridized carbons (Fsp3) is 0.462. The third kappa shape index (κ3) is 3.43. The van der Waals surface area contributed by atoms with Crippen molar-refractivity contribution in [2.75, 3.05) is 19.8 Å². The summed E-state index contributed by atoms with van der Waals surface area (Å²) < 4.78 is 29.2. The molecular weight excluding hydrogens is 275 g/mol. The Morgan fingerprint density at radius 1 is 1.53 bits per heavy atom. The molecule has 0 N–H and O–H groups in total. The van der Waals surface area contributed by atoms with Crippen LogP contribution in [0.1, 0.15) is 18.6 Å². The first-order chi connectivity index (χ1) is 9.09. The zero-order valence-corrected chi connectivity index (χ0v) is 11.2. The summed E-state index contributed by atoms with van der Waals surface area (Å²) in [5.74, 6) is -1.08. The average Bonchev–Trinajstić information content (AvgIpc) is 2.39. The van der Waals surface area contributed by atoms with Crippen LogP contribution in [0.4, 0.5) is 4.39 Å². The quantitative estimate of drug-likeness (QED) is 0.802. The standard InChI is InChI=1S/C13H14ClFO4/c1-8(12-9(14)3-2-4-10(12)15)19-13(16)11-7-17-5-6-18-11/h2-4,8,11H,5-7H2,1H3. The maximum atomic E-state index is 13.7. The average molecular weight is 289 g/mol. The van der Waals surface area contributed by atoms with Gasteiger partial charge in [-0.05, 0) is 19.1 Å². The van der Waals surface area contributed by atoms with Crippen LogP contribution in [-0.4, -0.2) is 31.9 Å². The van der Waals surface area contributed by atoms with E-state index in [1.165, 1.54) is 12.1 Å². The number of carbonyl (C=O) groups excluding carboxylic acids is 1. The highest BCUT2D eigenvalue weighted by Crippen LogP contribution is 2.28. The van der Waals surface area contributed by atoms with Gasteiger partial charge in [-0.3, -0.25) is 0 Å². The van der Waals surface area contributed by atoms with Crippen molar-refractivity contribution in [2.24, 2.45) is 0 Å². The van der Waals surface area contributed by atoms with Gasteiger partial charge in [-0.1, -0.05) is 17.7 Å². The van der Waals surface area contributed by atoms with Crippen LogP contribution in [0.25, 0.3) is 0 Å². The fourth-order valence-electron chi connectivity index (χ4n) is 1.83. The van der Waals surface area contributed by atoms with Gasteiger partial charge in [0, 0.05) is 5.56 Å². The van der Waals surface area contributed by atoms with Gasteiger partial charge in [-0.15, -0.1) is 0 Å². The van der Waals surface area contributed by atoms with E-state index in [1.807, 2.05) is 0 Å². The molecule has 4 nitrogen and oxygen atoms in total. The number of hydrogen-bond acceptors (Lipinski definition) is 4. The maximum Gasteiger partial charge on any atom is 0.338 e. The molecule has 1 saturated heterocycles. The maximum absolute atomic E-state index is 13.7. The lowest BCUT2D eigenvalue weighted by molar-refractivity contribution is -0.175. The minimum atomic E-state index is -0.785. The second-order valence-corrected chi connectivity index (χ2v) is 4.56. The van der Waals surface area contributed by atoms with Gasteiger partial charge in [-0.25, -0.2) is 9.18 Å². The summed E-state index contributed by atoms with van der Waals surface area (Å²) in [6.07, 6.45) is -1.55. The van der Waals surface area contributed by atoms with Crippen molar-refractivity contribution in [1.29, 1.82) is 0 Å². The Morgan fingerprint density at radius 2 is 2.32 bits per heavy atom. The molecule has 0 spiro atoms. The van der Waals surface area contributed by atoms with Crippen molar-refractivity contribution in [3.63, 3.8) is 0 Å². The lowest BCUT2D eigenvalue weighted by Gasteiger charge is -2.23. The smallest absolute Gasteiger partial charge is 0.338 e. The predicted molar refractivity (Wildman–Crippen MR) is 66.5 cm³/mol. The molecule has 0 aromatic heterocycles. The van der Waals surface area contributed by atoms with Crippen LogP contribution < -0.4 is 0 Å². The van der Waals surface area contributed by atoms with Gasteiger partial charge >= 0.3 is 5.97 Å². The Morgan fingerprint density at radius 3 is 2.95 bits per heavy atom. The van der Waals surface area contributed by atoms with Crippen molar-refractivity contribution in [2.45, 2.75) is 19.1 Å². The molecule has 0 bridgehead atoms. The van der Waals surface area contributed by atoms with E-state index in [9.17, 15) is 9.18 Å². The zero-order valence-electron chi connectivity index (χ0n) is 10.4. The number of rotatable bonds is 3. The Kier molecular flexibility index (Phi) is 4.74. The summed E-state index contributed by atoms with van der Waals surface area (Å²) in [6.45, 7) is 2.51. The van der Waals surface area contributed by atoms with Gasteiger partial charge in [0.15, 0.2) is 6.10 Å². The Labute approximate surface area is 115 Å². The number of benzene rings is 1. The molecule has 1 aliphatic heterocycles. The summed E-state index contributed by atoms with van der Waals surface area (Å²) in [7, 11) is 0. The molecule has 1 aromatic carbocycles. The summed E-state index contributed by atoms with van der Waals surface area (Å²) in [6, 6.07) is 4.31. The largest absolute Gasteiger partial charge is 0.456 e. The lowest BCUT2D eigenvalue weighted by atomic mass is 10.1. The Balaban J connectivity index is 2.04. The molecule has 2 atom stereocenters. The molecule has 1 fully saturated rings. The molecular formula is C13H14ClFO4. The molecule has 104 valence electrons. The summed E-state index contributed by atoms with van der Waals surface area (Å²) in [5, 5.41) is 0.223. The number of halogens is 2. The fourth-order valence-corrected chi connectivity index (χ4v) is 2.15. The first kappa shape index (κ1) is 14.2. The Hall–Kier alpha value is -1.17. The van der Waals surface area contributed by atoms with Crippen LogP contribution in [0.15, 0.2) is 18.2 Å². The number of ether oxygens (including phenoxy) is 3. The topological polar surface area (TPSA) is 44.8 Å². The molecule has 2 unspecified atom stereocenters. The molecule has 1 aromatic rings.